The molecule has 3 rings (SSSR count). The van der Waals surface area contributed by atoms with E-state index < -0.39 is 11.9 Å². The number of amides is 2. The highest BCUT2D eigenvalue weighted by atomic mass is 16.2. The highest BCUT2D eigenvalue weighted by Gasteiger charge is 2.20. The van der Waals surface area contributed by atoms with Crippen molar-refractivity contribution in [1.82, 2.24) is 10.3 Å². The van der Waals surface area contributed by atoms with Crippen LogP contribution in [-0.4, -0.2) is 22.8 Å². The molecule has 0 saturated heterocycles. The van der Waals surface area contributed by atoms with Crippen LogP contribution < -0.4 is 11.1 Å². The molecule has 120 valence electrons. The molecule has 0 aliphatic heterocycles. The van der Waals surface area contributed by atoms with E-state index in [2.05, 4.69) is 10.3 Å². The summed E-state index contributed by atoms with van der Waals surface area (Å²) in [5, 5.41) is 3.47. The van der Waals surface area contributed by atoms with Crippen molar-refractivity contribution in [3.05, 3.63) is 78.0 Å². The lowest BCUT2D eigenvalue weighted by molar-refractivity contribution is -0.119. The van der Waals surface area contributed by atoms with Gasteiger partial charge in [-0.1, -0.05) is 48.5 Å². The maximum atomic E-state index is 12.6. The number of hydrogen-bond acceptors (Lipinski definition) is 3. The summed E-state index contributed by atoms with van der Waals surface area (Å²) in [6.07, 6.45) is 1.93. The van der Waals surface area contributed by atoms with Gasteiger partial charge in [-0.25, -0.2) is 0 Å². The lowest BCUT2D eigenvalue weighted by atomic mass is 10.0. The van der Waals surface area contributed by atoms with Gasteiger partial charge in [0.1, 0.15) is 6.04 Å². The van der Waals surface area contributed by atoms with Gasteiger partial charge in [-0.15, -0.1) is 0 Å². The Bertz CT molecular complexity index is 873. The van der Waals surface area contributed by atoms with Gasteiger partial charge in [0.25, 0.3) is 5.91 Å². The number of pyridine rings is 1. The average Bonchev–Trinajstić information content (AvgIpc) is 2.61. The third-order valence-electron chi connectivity index (χ3n) is 3.83. The zero-order valence-electron chi connectivity index (χ0n) is 13.0. The van der Waals surface area contributed by atoms with Gasteiger partial charge in [0, 0.05) is 18.0 Å². The molecule has 0 unspecified atom stereocenters. The van der Waals surface area contributed by atoms with Gasteiger partial charge in [-0.05, 0) is 17.7 Å². The van der Waals surface area contributed by atoms with Crippen molar-refractivity contribution in [3.8, 4) is 0 Å². The number of nitrogens with two attached hydrogens (primary N) is 1. The van der Waals surface area contributed by atoms with Crippen LogP contribution in [0, 0.1) is 0 Å². The Morgan fingerprint density at radius 2 is 1.71 bits per heavy atom. The van der Waals surface area contributed by atoms with Crippen LogP contribution in [0.25, 0.3) is 10.9 Å². The van der Waals surface area contributed by atoms with Crippen LogP contribution in [0.5, 0.6) is 0 Å². The topological polar surface area (TPSA) is 85.1 Å². The largest absolute Gasteiger partial charge is 0.368 e. The highest BCUT2D eigenvalue weighted by Crippen LogP contribution is 2.16. The molecule has 1 aromatic heterocycles. The molecule has 0 spiro atoms. The van der Waals surface area contributed by atoms with Gasteiger partial charge in [0.2, 0.25) is 5.91 Å². The number of carbonyl (C=O) groups excluding carboxylic acids is 2. The van der Waals surface area contributed by atoms with E-state index in [1.807, 2.05) is 54.6 Å². The van der Waals surface area contributed by atoms with Crippen LogP contribution in [0.2, 0.25) is 0 Å². The summed E-state index contributed by atoms with van der Waals surface area (Å²) in [4.78, 5) is 28.6. The first-order valence-corrected chi connectivity index (χ1v) is 7.63. The van der Waals surface area contributed by atoms with Crippen molar-refractivity contribution < 1.29 is 9.59 Å². The van der Waals surface area contributed by atoms with Crippen LogP contribution in [0.4, 0.5) is 0 Å². The van der Waals surface area contributed by atoms with E-state index in [-0.39, 0.29) is 5.91 Å². The van der Waals surface area contributed by atoms with Gasteiger partial charge in [0.05, 0.1) is 11.1 Å². The second-order valence-electron chi connectivity index (χ2n) is 5.49. The maximum absolute atomic E-state index is 12.6. The van der Waals surface area contributed by atoms with Crippen LogP contribution in [0.15, 0.2) is 66.9 Å². The van der Waals surface area contributed by atoms with Gasteiger partial charge in [-0.2, -0.15) is 0 Å². The van der Waals surface area contributed by atoms with Crippen LogP contribution in [0.3, 0.4) is 0 Å². The second kappa shape index (κ2) is 6.91. The molecule has 0 fully saturated rings. The molecule has 2 aromatic carbocycles. The Hall–Kier alpha value is -3.21. The fourth-order valence-electron chi connectivity index (χ4n) is 2.60. The van der Waals surface area contributed by atoms with Crippen molar-refractivity contribution >= 4 is 22.7 Å². The summed E-state index contributed by atoms with van der Waals surface area (Å²) in [6.45, 7) is 0. The monoisotopic (exact) mass is 319 g/mol. The smallest absolute Gasteiger partial charge is 0.252 e. The van der Waals surface area contributed by atoms with Crippen molar-refractivity contribution in [2.45, 2.75) is 12.5 Å². The first kappa shape index (κ1) is 15.7. The summed E-state index contributed by atoms with van der Waals surface area (Å²) >= 11 is 0. The number of nitrogens with one attached hydrogen (secondary N) is 1. The van der Waals surface area contributed by atoms with Crippen LogP contribution in [-0.2, 0) is 11.2 Å². The summed E-state index contributed by atoms with van der Waals surface area (Å²) in [6, 6.07) is 17.7. The number of aromatic nitrogens is 1. The summed E-state index contributed by atoms with van der Waals surface area (Å²) in [7, 11) is 0. The van der Waals surface area contributed by atoms with Crippen molar-refractivity contribution in [2.24, 2.45) is 5.73 Å². The molecule has 3 N–H and O–H groups in total. The Morgan fingerprint density at radius 1 is 1.00 bits per heavy atom. The number of para-hydroxylation sites is 1. The normalized spacial score (nSPS) is 11.8. The molecule has 2 amide bonds. The number of hydrogen-bond donors (Lipinski definition) is 2. The molecule has 0 aliphatic rings. The SMILES string of the molecule is NC(=O)[C@H](Cc1ccccc1)NC(=O)c1ccnc2ccccc12. The quantitative estimate of drug-likeness (QED) is 0.755. The van der Waals surface area contributed by atoms with E-state index in [0.29, 0.717) is 12.0 Å². The molecule has 0 radical (unpaired) electrons. The van der Waals surface area contributed by atoms with Gasteiger partial charge < -0.3 is 11.1 Å². The zero-order chi connectivity index (χ0) is 16.9. The molecule has 3 aromatic rings. The Balaban J connectivity index is 1.84. The summed E-state index contributed by atoms with van der Waals surface area (Å²) in [5.41, 5.74) is 7.59. The molecule has 0 saturated carbocycles. The van der Waals surface area contributed by atoms with Crippen molar-refractivity contribution in [1.29, 1.82) is 0 Å². The molecular weight excluding hydrogens is 302 g/mol. The Kier molecular flexibility index (Phi) is 4.52. The standard InChI is InChI=1S/C19H17N3O2/c20-18(23)17(12-13-6-2-1-3-7-13)22-19(24)15-10-11-21-16-9-5-4-8-14(15)16/h1-11,17H,12H2,(H2,20,23)(H,22,24)/t17-/m0/s1. The zero-order valence-corrected chi connectivity index (χ0v) is 13.0. The third kappa shape index (κ3) is 3.41. The molecule has 5 heteroatoms. The number of fused-ring (bicyclic) bond motifs is 1. The maximum Gasteiger partial charge on any atom is 0.252 e. The minimum absolute atomic E-state index is 0.340. The van der Waals surface area contributed by atoms with E-state index in [9.17, 15) is 9.59 Å². The number of nitrogens with zero attached hydrogens (tertiary/aromatic N) is 1. The average molecular weight is 319 g/mol. The van der Waals surface area contributed by atoms with Gasteiger partial charge in [-0.3, -0.25) is 14.6 Å². The van der Waals surface area contributed by atoms with E-state index >= 15 is 0 Å². The lowest BCUT2D eigenvalue weighted by Gasteiger charge is -2.16. The number of carbonyl (C=O) groups is 2. The van der Waals surface area contributed by atoms with Crippen molar-refractivity contribution in [2.75, 3.05) is 0 Å². The fraction of sp³-hybridized carbons (Fsp3) is 0.105. The third-order valence-corrected chi connectivity index (χ3v) is 3.83. The molecular formula is C19H17N3O2. The molecule has 24 heavy (non-hydrogen) atoms. The number of rotatable bonds is 5. The predicted octanol–water partition coefficient (Wildman–Crippen LogP) is 2.06. The Morgan fingerprint density at radius 3 is 2.46 bits per heavy atom. The van der Waals surface area contributed by atoms with E-state index in [4.69, 9.17) is 5.73 Å². The summed E-state index contributed by atoms with van der Waals surface area (Å²) in [5.74, 6) is -0.904. The minimum atomic E-state index is -0.771. The molecule has 1 heterocycles. The fourth-order valence-corrected chi connectivity index (χ4v) is 2.60. The van der Waals surface area contributed by atoms with E-state index in [1.165, 1.54) is 0 Å². The van der Waals surface area contributed by atoms with Crippen LogP contribution >= 0.6 is 0 Å². The molecule has 1 atom stereocenters. The first-order chi connectivity index (χ1) is 11.6. The van der Waals surface area contributed by atoms with Crippen molar-refractivity contribution in [3.63, 3.8) is 0 Å². The second-order valence-corrected chi connectivity index (χ2v) is 5.49. The number of primary amides is 1. The van der Waals surface area contributed by atoms with Gasteiger partial charge >= 0.3 is 0 Å². The lowest BCUT2D eigenvalue weighted by Crippen LogP contribution is -2.45. The van der Waals surface area contributed by atoms with Gasteiger partial charge in [0.15, 0.2) is 0 Å². The van der Waals surface area contributed by atoms with Crippen LogP contribution in [0.1, 0.15) is 15.9 Å². The summed E-state index contributed by atoms with van der Waals surface area (Å²) < 4.78 is 0. The number of benzene rings is 2. The van der Waals surface area contributed by atoms with E-state index in [0.717, 1.165) is 16.5 Å². The molecule has 0 bridgehead atoms. The Labute approximate surface area is 139 Å². The first-order valence-electron chi connectivity index (χ1n) is 7.63. The van der Waals surface area contributed by atoms with E-state index in [1.54, 1.807) is 12.3 Å². The molecule has 0 aliphatic carbocycles. The minimum Gasteiger partial charge on any atom is -0.368 e. The molecule has 5 nitrogen and oxygen atoms in total. The predicted molar refractivity (Wildman–Crippen MR) is 92.3 cm³/mol. The highest BCUT2D eigenvalue weighted by molar-refractivity contribution is 6.07.